The van der Waals surface area contributed by atoms with E-state index in [-0.39, 0.29) is 6.04 Å². The van der Waals surface area contributed by atoms with Crippen molar-refractivity contribution in [2.75, 3.05) is 26.2 Å². The smallest absolute Gasteiger partial charge is 0.0942 e. The molecule has 4 heteroatoms. The first-order chi connectivity index (χ1) is 8.18. The molecule has 0 spiro atoms. The van der Waals surface area contributed by atoms with Crippen molar-refractivity contribution in [3.8, 4) is 0 Å². The zero-order valence-corrected chi connectivity index (χ0v) is 11.7. The van der Waals surface area contributed by atoms with Gasteiger partial charge in [0.1, 0.15) is 0 Å². The largest absolute Gasteiger partial charge is 0.387 e. The van der Waals surface area contributed by atoms with Crippen LogP contribution in [-0.2, 0) is 0 Å². The van der Waals surface area contributed by atoms with Gasteiger partial charge in [0.15, 0.2) is 0 Å². The first-order valence-electron chi connectivity index (χ1n) is 6.07. The van der Waals surface area contributed by atoms with E-state index in [1.54, 1.807) is 0 Å². The van der Waals surface area contributed by atoms with Crippen molar-refractivity contribution in [1.82, 2.24) is 10.2 Å². The molecule has 2 unspecified atom stereocenters. The maximum Gasteiger partial charge on any atom is 0.0942 e. The number of piperazine rings is 1. The number of aliphatic hydroxyl groups excluding tert-OH is 1. The number of rotatable bonds is 3. The van der Waals surface area contributed by atoms with E-state index >= 15 is 0 Å². The van der Waals surface area contributed by atoms with Crippen LogP contribution in [-0.4, -0.2) is 42.2 Å². The maximum atomic E-state index is 10.4. The number of benzene rings is 1. The van der Waals surface area contributed by atoms with E-state index in [9.17, 15) is 5.11 Å². The molecule has 1 aliphatic rings. The van der Waals surface area contributed by atoms with Gasteiger partial charge in [-0.25, -0.2) is 0 Å². The summed E-state index contributed by atoms with van der Waals surface area (Å²) in [5.74, 6) is 0. The topological polar surface area (TPSA) is 35.5 Å². The van der Waals surface area contributed by atoms with Gasteiger partial charge in [0.25, 0.3) is 0 Å². The molecule has 0 saturated carbocycles. The second-order valence-electron chi connectivity index (χ2n) is 4.52. The monoisotopic (exact) mass is 298 g/mol. The summed E-state index contributed by atoms with van der Waals surface area (Å²) in [6.45, 7) is 6.14. The van der Waals surface area contributed by atoms with Gasteiger partial charge in [0.2, 0.25) is 0 Å². The van der Waals surface area contributed by atoms with Gasteiger partial charge in [-0.3, -0.25) is 4.90 Å². The molecule has 2 N–H and O–H groups in total. The zero-order chi connectivity index (χ0) is 12.3. The molecule has 0 bridgehead atoms. The molecule has 0 radical (unpaired) electrons. The summed E-state index contributed by atoms with van der Waals surface area (Å²) in [7, 11) is 0. The molecule has 1 aliphatic heterocycles. The lowest BCUT2D eigenvalue weighted by molar-refractivity contribution is 0.0510. The number of hydrogen-bond acceptors (Lipinski definition) is 3. The first-order valence-corrected chi connectivity index (χ1v) is 6.86. The minimum Gasteiger partial charge on any atom is -0.387 e. The van der Waals surface area contributed by atoms with Crippen molar-refractivity contribution in [2.45, 2.75) is 19.1 Å². The molecule has 94 valence electrons. The Morgan fingerprint density at radius 2 is 1.82 bits per heavy atom. The number of nitrogens with zero attached hydrogens (tertiary/aromatic N) is 1. The second-order valence-corrected chi connectivity index (χ2v) is 5.44. The van der Waals surface area contributed by atoms with E-state index in [1.807, 2.05) is 24.3 Å². The number of nitrogens with one attached hydrogen (secondary N) is 1. The highest BCUT2D eigenvalue weighted by molar-refractivity contribution is 9.10. The molecule has 0 aliphatic carbocycles. The molecule has 0 aromatic heterocycles. The van der Waals surface area contributed by atoms with E-state index in [1.165, 1.54) is 0 Å². The van der Waals surface area contributed by atoms with Crippen LogP contribution in [0.4, 0.5) is 0 Å². The van der Waals surface area contributed by atoms with Crippen molar-refractivity contribution in [1.29, 1.82) is 0 Å². The molecule has 2 rings (SSSR count). The van der Waals surface area contributed by atoms with Gasteiger partial charge in [-0.1, -0.05) is 28.1 Å². The SMILES string of the molecule is CC(C(O)c1ccc(Br)cc1)N1CCNCC1. The second kappa shape index (κ2) is 5.96. The van der Waals surface area contributed by atoms with Crippen LogP contribution >= 0.6 is 15.9 Å². The highest BCUT2D eigenvalue weighted by atomic mass is 79.9. The van der Waals surface area contributed by atoms with Crippen LogP contribution in [0.25, 0.3) is 0 Å². The maximum absolute atomic E-state index is 10.4. The summed E-state index contributed by atoms with van der Waals surface area (Å²) < 4.78 is 1.04. The minimum absolute atomic E-state index is 0.165. The summed E-state index contributed by atoms with van der Waals surface area (Å²) in [6.07, 6.45) is -0.416. The van der Waals surface area contributed by atoms with Crippen LogP contribution < -0.4 is 5.32 Å². The fourth-order valence-corrected chi connectivity index (χ4v) is 2.49. The lowest BCUT2D eigenvalue weighted by atomic mass is 10.0. The summed E-state index contributed by atoms with van der Waals surface area (Å²) in [5, 5.41) is 13.7. The lowest BCUT2D eigenvalue weighted by Crippen LogP contribution is -2.49. The third kappa shape index (κ3) is 3.28. The predicted molar refractivity (Wildman–Crippen MR) is 73.0 cm³/mol. The Morgan fingerprint density at radius 1 is 1.24 bits per heavy atom. The fraction of sp³-hybridized carbons (Fsp3) is 0.538. The third-order valence-electron chi connectivity index (χ3n) is 3.40. The standard InChI is InChI=1S/C13H19BrN2O/c1-10(16-8-6-15-7-9-16)13(17)11-2-4-12(14)5-3-11/h2-5,10,13,15,17H,6-9H2,1H3. The average molecular weight is 299 g/mol. The molecule has 1 saturated heterocycles. The number of halogens is 1. The van der Waals surface area contributed by atoms with E-state index in [0.29, 0.717) is 0 Å². The van der Waals surface area contributed by atoms with E-state index in [4.69, 9.17) is 0 Å². The van der Waals surface area contributed by atoms with E-state index in [0.717, 1.165) is 36.2 Å². The molecular weight excluding hydrogens is 280 g/mol. The summed E-state index contributed by atoms with van der Waals surface area (Å²) in [6, 6.07) is 8.07. The Kier molecular flexibility index (Phi) is 4.56. The molecule has 1 fully saturated rings. The molecular formula is C13H19BrN2O. The molecule has 0 amide bonds. The summed E-state index contributed by atoms with van der Waals surface area (Å²) in [4.78, 5) is 2.34. The van der Waals surface area contributed by atoms with Crippen LogP contribution in [0.2, 0.25) is 0 Å². The third-order valence-corrected chi connectivity index (χ3v) is 3.92. The summed E-state index contributed by atoms with van der Waals surface area (Å²) in [5.41, 5.74) is 0.985. The molecule has 1 heterocycles. The van der Waals surface area contributed by atoms with Gasteiger partial charge in [0.05, 0.1) is 6.10 Å². The van der Waals surface area contributed by atoms with E-state index < -0.39 is 6.10 Å². The quantitative estimate of drug-likeness (QED) is 0.893. The van der Waals surface area contributed by atoms with Crippen molar-refractivity contribution in [2.24, 2.45) is 0 Å². The number of hydrogen-bond donors (Lipinski definition) is 2. The fourth-order valence-electron chi connectivity index (χ4n) is 2.23. The van der Waals surface area contributed by atoms with Crippen molar-refractivity contribution in [3.05, 3.63) is 34.3 Å². The molecule has 1 aromatic rings. The van der Waals surface area contributed by atoms with Crippen LogP contribution in [0.1, 0.15) is 18.6 Å². The van der Waals surface area contributed by atoms with Gasteiger partial charge in [-0.2, -0.15) is 0 Å². The Balaban J connectivity index is 2.02. The zero-order valence-electron chi connectivity index (χ0n) is 10.1. The highest BCUT2D eigenvalue weighted by Crippen LogP contribution is 2.22. The van der Waals surface area contributed by atoms with Crippen molar-refractivity contribution >= 4 is 15.9 Å². The normalized spacial score (nSPS) is 21.1. The molecule has 3 nitrogen and oxygen atoms in total. The van der Waals surface area contributed by atoms with Crippen LogP contribution in [0.5, 0.6) is 0 Å². The summed E-state index contributed by atoms with van der Waals surface area (Å²) >= 11 is 3.41. The Morgan fingerprint density at radius 3 is 2.41 bits per heavy atom. The Bertz CT molecular complexity index is 349. The molecule has 17 heavy (non-hydrogen) atoms. The Hall–Kier alpha value is -0.420. The van der Waals surface area contributed by atoms with Crippen molar-refractivity contribution in [3.63, 3.8) is 0 Å². The van der Waals surface area contributed by atoms with Crippen LogP contribution in [0, 0.1) is 0 Å². The van der Waals surface area contributed by atoms with Gasteiger partial charge in [-0.15, -0.1) is 0 Å². The predicted octanol–water partition coefficient (Wildman–Crippen LogP) is 1.78. The lowest BCUT2D eigenvalue weighted by Gasteiger charge is -2.35. The molecule has 2 atom stereocenters. The van der Waals surface area contributed by atoms with Gasteiger partial charge in [-0.05, 0) is 24.6 Å². The first kappa shape index (κ1) is 13.0. The minimum atomic E-state index is -0.416. The van der Waals surface area contributed by atoms with E-state index in [2.05, 4.69) is 33.1 Å². The van der Waals surface area contributed by atoms with Crippen LogP contribution in [0.3, 0.4) is 0 Å². The number of aliphatic hydroxyl groups is 1. The average Bonchev–Trinajstić information content (AvgIpc) is 2.39. The van der Waals surface area contributed by atoms with Crippen molar-refractivity contribution < 1.29 is 5.11 Å². The van der Waals surface area contributed by atoms with Crippen LogP contribution in [0.15, 0.2) is 28.7 Å². The molecule has 1 aromatic carbocycles. The highest BCUT2D eigenvalue weighted by Gasteiger charge is 2.23. The van der Waals surface area contributed by atoms with Gasteiger partial charge in [0, 0.05) is 36.7 Å². The van der Waals surface area contributed by atoms with Gasteiger partial charge < -0.3 is 10.4 Å². The Labute approximate surface area is 111 Å². The van der Waals surface area contributed by atoms with Gasteiger partial charge >= 0.3 is 0 Å².